The van der Waals surface area contributed by atoms with Gasteiger partial charge in [-0.15, -0.1) is 0 Å². The predicted molar refractivity (Wildman–Crippen MR) is 130 cm³/mol. The van der Waals surface area contributed by atoms with E-state index in [9.17, 15) is 14.7 Å². The first-order valence-electron chi connectivity index (χ1n) is 12.0. The number of ether oxygens (including phenoxy) is 2. The van der Waals surface area contributed by atoms with Gasteiger partial charge in [-0.25, -0.2) is 0 Å². The van der Waals surface area contributed by atoms with Gasteiger partial charge in [0.15, 0.2) is 16.9 Å². The van der Waals surface area contributed by atoms with Crippen LogP contribution in [-0.4, -0.2) is 42.3 Å². The van der Waals surface area contributed by atoms with E-state index in [1.807, 2.05) is 25.1 Å². The predicted octanol–water partition coefficient (Wildman–Crippen LogP) is 4.69. The van der Waals surface area contributed by atoms with Crippen LogP contribution in [0.4, 0.5) is 0 Å². The molecule has 4 rings (SSSR count). The first-order valence-corrected chi connectivity index (χ1v) is 12.0. The average Bonchev–Trinajstić information content (AvgIpc) is 3.13. The smallest absolute Gasteiger partial charge is 0.290 e. The maximum Gasteiger partial charge on any atom is 0.290 e. The number of aliphatic hydroxyl groups excluding tert-OH is 1. The monoisotopic (exact) mass is 465 g/mol. The van der Waals surface area contributed by atoms with Crippen molar-refractivity contribution >= 4 is 16.9 Å². The van der Waals surface area contributed by atoms with Gasteiger partial charge in [0.25, 0.3) is 5.91 Å². The molecule has 7 nitrogen and oxygen atoms in total. The summed E-state index contributed by atoms with van der Waals surface area (Å²) in [7, 11) is 0. The maximum atomic E-state index is 13.5. The van der Waals surface area contributed by atoms with E-state index in [-0.39, 0.29) is 23.7 Å². The number of rotatable bonds is 11. The maximum absolute atomic E-state index is 13.5. The lowest BCUT2D eigenvalue weighted by Gasteiger charge is -2.25. The third-order valence-corrected chi connectivity index (χ3v) is 6.02. The van der Waals surface area contributed by atoms with E-state index >= 15 is 0 Å². The molecule has 1 aromatic heterocycles. The molecule has 2 heterocycles. The van der Waals surface area contributed by atoms with Crippen LogP contribution in [0.5, 0.6) is 11.5 Å². The van der Waals surface area contributed by atoms with E-state index in [0.717, 1.165) is 24.8 Å². The van der Waals surface area contributed by atoms with Gasteiger partial charge in [-0.2, -0.15) is 0 Å². The van der Waals surface area contributed by atoms with Gasteiger partial charge < -0.3 is 23.9 Å². The molecule has 1 N–H and O–H groups in total. The van der Waals surface area contributed by atoms with Crippen molar-refractivity contribution in [2.75, 3.05) is 26.4 Å². The standard InChI is InChI=1S/C27H31NO6/c1-3-5-8-16-33-21-13-12-18(17-22(21)32-4-2)24-23-25(30)19-10-6-7-11-20(19)34-26(23)27(31)28(24)14-9-15-29/h6-7,10-13,17,24,29H,3-5,8-9,14-16H2,1-2H3. The van der Waals surface area contributed by atoms with E-state index < -0.39 is 6.04 Å². The molecule has 1 unspecified atom stereocenters. The Morgan fingerprint density at radius 2 is 1.82 bits per heavy atom. The minimum Gasteiger partial charge on any atom is -0.490 e. The molecule has 7 heteroatoms. The van der Waals surface area contributed by atoms with Crippen molar-refractivity contribution in [3.8, 4) is 11.5 Å². The SMILES string of the molecule is CCCCCOc1ccc(C2c3c(oc4ccccc4c3=O)C(=O)N2CCCO)cc1OCC. The van der Waals surface area contributed by atoms with Gasteiger partial charge in [-0.3, -0.25) is 9.59 Å². The van der Waals surface area contributed by atoms with Crippen molar-refractivity contribution in [1.82, 2.24) is 4.90 Å². The van der Waals surface area contributed by atoms with Crippen LogP contribution in [-0.2, 0) is 0 Å². The molecule has 34 heavy (non-hydrogen) atoms. The quantitative estimate of drug-likeness (QED) is 0.413. The highest BCUT2D eigenvalue weighted by Gasteiger charge is 2.42. The second-order valence-electron chi connectivity index (χ2n) is 8.34. The number of fused-ring (bicyclic) bond motifs is 2. The molecule has 0 aliphatic carbocycles. The van der Waals surface area contributed by atoms with E-state index in [1.54, 1.807) is 29.2 Å². The van der Waals surface area contributed by atoms with Gasteiger partial charge >= 0.3 is 0 Å². The summed E-state index contributed by atoms with van der Waals surface area (Å²) in [6.45, 7) is 5.32. The first-order chi connectivity index (χ1) is 16.6. The normalized spacial score (nSPS) is 15.1. The third-order valence-electron chi connectivity index (χ3n) is 6.02. The second kappa shape index (κ2) is 10.7. The molecule has 180 valence electrons. The Bertz CT molecular complexity index is 1220. The Morgan fingerprint density at radius 3 is 2.59 bits per heavy atom. The summed E-state index contributed by atoms with van der Waals surface area (Å²) in [6.07, 6.45) is 3.54. The lowest BCUT2D eigenvalue weighted by molar-refractivity contribution is 0.0716. The summed E-state index contributed by atoms with van der Waals surface area (Å²) in [4.78, 5) is 28.4. The van der Waals surface area contributed by atoms with Crippen LogP contribution in [0, 0.1) is 0 Å². The fraction of sp³-hybridized carbons (Fsp3) is 0.407. The van der Waals surface area contributed by atoms with E-state index in [2.05, 4.69) is 6.92 Å². The van der Waals surface area contributed by atoms with Crippen LogP contribution < -0.4 is 14.9 Å². The summed E-state index contributed by atoms with van der Waals surface area (Å²) in [5, 5.41) is 9.84. The Kier molecular flexibility index (Phi) is 7.53. The first kappa shape index (κ1) is 23.8. The molecule has 0 saturated carbocycles. The van der Waals surface area contributed by atoms with Crippen LogP contribution in [0.15, 0.2) is 51.7 Å². The highest BCUT2D eigenvalue weighted by atomic mass is 16.5. The molecular formula is C27H31NO6. The number of aliphatic hydroxyl groups is 1. The fourth-order valence-electron chi connectivity index (χ4n) is 4.40. The zero-order chi connectivity index (χ0) is 24.1. The van der Waals surface area contributed by atoms with Crippen LogP contribution in [0.1, 0.15) is 67.3 Å². The minimum absolute atomic E-state index is 0.0597. The summed E-state index contributed by atoms with van der Waals surface area (Å²) in [5.41, 5.74) is 1.21. The second-order valence-corrected chi connectivity index (χ2v) is 8.34. The van der Waals surface area contributed by atoms with Gasteiger partial charge in [0.1, 0.15) is 5.58 Å². The Morgan fingerprint density at radius 1 is 1.00 bits per heavy atom. The number of benzene rings is 2. The Labute approximate surface area is 198 Å². The molecule has 1 atom stereocenters. The van der Waals surface area contributed by atoms with Gasteiger partial charge in [0.05, 0.1) is 30.2 Å². The zero-order valence-electron chi connectivity index (χ0n) is 19.7. The largest absolute Gasteiger partial charge is 0.490 e. The number of hydrogen-bond acceptors (Lipinski definition) is 6. The van der Waals surface area contributed by atoms with Crippen molar-refractivity contribution in [3.05, 3.63) is 69.6 Å². The molecular weight excluding hydrogens is 434 g/mol. The number of carbonyl (C=O) groups is 1. The molecule has 0 fully saturated rings. The molecule has 0 bridgehead atoms. The topological polar surface area (TPSA) is 89.2 Å². The zero-order valence-corrected chi connectivity index (χ0v) is 19.7. The molecule has 3 aromatic rings. The van der Waals surface area contributed by atoms with Crippen molar-refractivity contribution in [2.45, 2.75) is 45.6 Å². The number of para-hydroxylation sites is 1. The van der Waals surface area contributed by atoms with Crippen molar-refractivity contribution < 1.29 is 23.8 Å². The van der Waals surface area contributed by atoms with Crippen LogP contribution in [0.2, 0.25) is 0 Å². The third kappa shape index (κ3) is 4.53. The van der Waals surface area contributed by atoms with Crippen LogP contribution in [0.25, 0.3) is 11.0 Å². The molecule has 0 radical (unpaired) electrons. The summed E-state index contributed by atoms with van der Waals surface area (Å²) >= 11 is 0. The molecule has 1 aliphatic rings. The fourth-order valence-corrected chi connectivity index (χ4v) is 4.40. The van der Waals surface area contributed by atoms with Crippen molar-refractivity contribution in [1.29, 1.82) is 0 Å². The van der Waals surface area contributed by atoms with E-state index in [0.29, 0.717) is 54.2 Å². The minimum atomic E-state index is -0.636. The number of carbonyl (C=O) groups excluding carboxylic acids is 1. The lowest BCUT2D eigenvalue weighted by Crippen LogP contribution is -2.31. The molecule has 1 amide bonds. The average molecular weight is 466 g/mol. The Hall–Kier alpha value is -3.32. The van der Waals surface area contributed by atoms with Gasteiger partial charge in [0, 0.05) is 13.2 Å². The number of unbranched alkanes of at least 4 members (excludes halogenated alkanes) is 2. The highest BCUT2D eigenvalue weighted by Crippen LogP contribution is 2.41. The lowest BCUT2D eigenvalue weighted by atomic mass is 9.98. The van der Waals surface area contributed by atoms with E-state index in [4.69, 9.17) is 13.9 Å². The number of nitrogens with zero attached hydrogens (tertiary/aromatic N) is 1. The van der Waals surface area contributed by atoms with Crippen LogP contribution in [0.3, 0.4) is 0 Å². The summed E-state index contributed by atoms with van der Waals surface area (Å²) < 4.78 is 17.7. The summed E-state index contributed by atoms with van der Waals surface area (Å²) in [5.74, 6) is 0.919. The van der Waals surface area contributed by atoms with Gasteiger partial charge in [-0.1, -0.05) is 38.0 Å². The van der Waals surface area contributed by atoms with Gasteiger partial charge in [0.2, 0.25) is 5.76 Å². The Balaban J connectivity index is 1.80. The number of hydrogen-bond donors (Lipinski definition) is 1. The number of amides is 1. The molecule has 2 aromatic carbocycles. The van der Waals surface area contributed by atoms with Crippen LogP contribution >= 0.6 is 0 Å². The summed E-state index contributed by atoms with van der Waals surface area (Å²) in [6, 6.07) is 11.8. The molecule has 1 aliphatic heterocycles. The molecule has 0 saturated heterocycles. The highest BCUT2D eigenvalue weighted by molar-refractivity contribution is 5.99. The van der Waals surface area contributed by atoms with Gasteiger partial charge in [-0.05, 0) is 49.6 Å². The van der Waals surface area contributed by atoms with E-state index in [1.165, 1.54) is 0 Å². The van der Waals surface area contributed by atoms with Crippen molar-refractivity contribution in [2.24, 2.45) is 0 Å². The molecule has 0 spiro atoms. The van der Waals surface area contributed by atoms with Crippen molar-refractivity contribution in [3.63, 3.8) is 0 Å².